The number of rotatable bonds is 9. The summed E-state index contributed by atoms with van der Waals surface area (Å²) < 4.78 is 38.8. The number of nitrogens with one attached hydrogen (secondary N) is 1. The van der Waals surface area contributed by atoms with Crippen LogP contribution in [0.3, 0.4) is 0 Å². The Morgan fingerprint density at radius 3 is 2.54 bits per heavy atom. The summed E-state index contributed by atoms with van der Waals surface area (Å²) in [6, 6.07) is 5.36. The molecule has 1 aliphatic heterocycles. The Hall–Kier alpha value is -2.74. The maximum Gasteiger partial charge on any atom is 0.335 e. The van der Waals surface area contributed by atoms with E-state index in [0.29, 0.717) is 83.5 Å². The molecule has 1 N–H and O–H groups in total. The predicted octanol–water partition coefficient (Wildman–Crippen LogP) is 3.72. The van der Waals surface area contributed by atoms with Gasteiger partial charge in [0.05, 0.1) is 27.2 Å². The molecule has 0 radical (unpaired) electrons. The van der Waals surface area contributed by atoms with Crippen LogP contribution in [0.2, 0.25) is 0 Å². The normalized spacial score (nSPS) is 15.6. The lowest BCUT2D eigenvalue weighted by atomic mass is 10.1. The van der Waals surface area contributed by atoms with E-state index in [1.807, 2.05) is 13.8 Å². The van der Waals surface area contributed by atoms with E-state index in [-0.39, 0.29) is 10.6 Å². The number of nitrogens with zero attached hydrogens (tertiary/aromatic N) is 6. The Morgan fingerprint density at radius 1 is 1.13 bits per heavy atom. The summed E-state index contributed by atoms with van der Waals surface area (Å²) in [6.45, 7) is 11.5. The molecule has 1 fully saturated rings. The molecule has 13 heteroatoms. The molecule has 0 saturated carbocycles. The molecule has 11 nitrogen and oxygen atoms in total. The summed E-state index contributed by atoms with van der Waals surface area (Å²) in [7, 11) is -3.73. The lowest BCUT2D eigenvalue weighted by Crippen LogP contribution is -2.50. The number of hydrogen-bond acceptors (Lipinski definition) is 7. The number of aryl methyl sites for hydroxylation is 1. The van der Waals surface area contributed by atoms with Gasteiger partial charge in [-0.25, -0.2) is 17.6 Å². The standard InChI is InChI=1S/C26H34BrN7O4S/c1-5-9-33-24-21(27)22(29-23(24)25-30-28-16-34(25)26(33)35)19-15-18(7-8-20(19)38-14-6-2)39(36,37)32-12-10-31(11-13-32)17(3)4/h7-8,15-17,29H,5-6,9-14H2,1-4H3. The number of fused-ring (bicyclic) bond motifs is 3. The molecule has 0 atom stereocenters. The number of benzene rings is 1. The van der Waals surface area contributed by atoms with Gasteiger partial charge in [0.2, 0.25) is 10.0 Å². The zero-order chi connectivity index (χ0) is 27.9. The van der Waals surface area contributed by atoms with Gasteiger partial charge in [-0.1, -0.05) is 13.8 Å². The molecule has 39 heavy (non-hydrogen) atoms. The molecule has 1 saturated heterocycles. The Bertz CT molecular complexity index is 1670. The average Bonchev–Trinajstić information content (AvgIpc) is 3.55. The maximum absolute atomic E-state index is 13.7. The van der Waals surface area contributed by atoms with Gasteiger partial charge in [0.1, 0.15) is 17.6 Å². The van der Waals surface area contributed by atoms with Crippen LogP contribution in [0.25, 0.3) is 27.9 Å². The Morgan fingerprint density at radius 2 is 1.87 bits per heavy atom. The minimum Gasteiger partial charge on any atom is -0.493 e. The van der Waals surface area contributed by atoms with Gasteiger partial charge < -0.3 is 9.72 Å². The van der Waals surface area contributed by atoms with Gasteiger partial charge in [-0.2, -0.15) is 4.31 Å². The molecule has 0 bridgehead atoms. The first-order chi connectivity index (χ1) is 18.7. The summed E-state index contributed by atoms with van der Waals surface area (Å²) in [6.07, 6.45) is 2.95. The number of aromatic nitrogens is 5. The highest BCUT2D eigenvalue weighted by Crippen LogP contribution is 2.41. The zero-order valence-electron chi connectivity index (χ0n) is 22.6. The van der Waals surface area contributed by atoms with E-state index in [2.05, 4.69) is 49.9 Å². The van der Waals surface area contributed by atoms with Crippen molar-refractivity contribution in [1.29, 1.82) is 0 Å². The van der Waals surface area contributed by atoms with Crippen LogP contribution in [0.15, 0.2) is 38.7 Å². The second-order valence-corrected chi connectivity index (χ2v) is 12.8. The number of halogens is 1. The highest BCUT2D eigenvalue weighted by molar-refractivity contribution is 9.10. The van der Waals surface area contributed by atoms with Crippen molar-refractivity contribution in [2.24, 2.45) is 0 Å². The molecule has 0 spiro atoms. The molecule has 4 heterocycles. The average molecular weight is 621 g/mol. The monoisotopic (exact) mass is 619 g/mol. The second kappa shape index (κ2) is 11.0. The summed E-state index contributed by atoms with van der Waals surface area (Å²) in [5.41, 5.74) is 2.63. The molecule has 3 aromatic heterocycles. The van der Waals surface area contributed by atoms with Crippen LogP contribution in [0.4, 0.5) is 0 Å². The van der Waals surface area contributed by atoms with E-state index in [1.165, 1.54) is 10.7 Å². The largest absolute Gasteiger partial charge is 0.493 e. The summed E-state index contributed by atoms with van der Waals surface area (Å²) in [5.74, 6) is 0.551. The van der Waals surface area contributed by atoms with Crippen LogP contribution in [0.1, 0.15) is 40.5 Å². The molecule has 0 unspecified atom stereocenters. The number of H-pyrrole nitrogens is 1. The highest BCUT2D eigenvalue weighted by Gasteiger charge is 2.31. The first-order valence-corrected chi connectivity index (χ1v) is 15.6. The number of sulfonamides is 1. The Labute approximate surface area is 235 Å². The van der Waals surface area contributed by atoms with Gasteiger partial charge in [-0.15, -0.1) is 10.2 Å². The van der Waals surface area contributed by atoms with Crippen molar-refractivity contribution in [1.82, 2.24) is 33.4 Å². The molecule has 0 aliphatic carbocycles. The smallest absolute Gasteiger partial charge is 0.335 e. The van der Waals surface area contributed by atoms with E-state index in [1.54, 1.807) is 27.1 Å². The Balaban J connectivity index is 1.66. The van der Waals surface area contributed by atoms with E-state index < -0.39 is 10.0 Å². The third-order valence-electron chi connectivity index (χ3n) is 7.16. The van der Waals surface area contributed by atoms with Crippen molar-refractivity contribution in [3.05, 3.63) is 39.5 Å². The van der Waals surface area contributed by atoms with Crippen molar-refractivity contribution in [2.45, 2.75) is 58.0 Å². The predicted molar refractivity (Wildman–Crippen MR) is 154 cm³/mol. The maximum atomic E-state index is 13.7. The van der Waals surface area contributed by atoms with Gasteiger partial charge in [0, 0.05) is 44.3 Å². The highest BCUT2D eigenvalue weighted by atomic mass is 79.9. The fourth-order valence-corrected chi connectivity index (χ4v) is 7.26. The minimum absolute atomic E-state index is 0.198. The van der Waals surface area contributed by atoms with Crippen LogP contribution < -0.4 is 10.4 Å². The van der Waals surface area contributed by atoms with E-state index in [9.17, 15) is 13.2 Å². The molecule has 4 aromatic rings. The molecule has 1 aromatic carbocycles. The van der Waals surface area contributed by atoms with Gasteiger partial charge in [0.15, 0.2) is 5.65 Å². The summed E-state index contributed by atoms with van der Waals surface area (Å²) in [5, 5.41) is 8.12. The van der Waals surface area contributed by atoms with Gasteiger partial charge >= 0.3 is 5.69 Å². The van der Waals surface area contributed by atoms with Crippen LogP contribution in [0, 0.1) is 0 Å². The molecular formula is C26H34BrN7O4S. The number of ether oxygens (including phenoxy) is 1. The quantitative estimate of drug-likeness (QED) is 0.303. The molecule has 210 valence electrons. The fraction of sp³-hybridized carbons (Fsp3) is 0.500. The molecule has 5 rings (SSSR count). The van der Waals surface area contributed by atoms with Crippen LogP contribution in [-0.2, 0) is 16.6 Å². The van der Waals surface area contributed by atoms with Crippen molar-refractivity contribution >= 4 is 42.6 Å². The van der Waals surface area contributed by atoms with Crippen LogP contribution in [-0.4, -0.2) is 80.6 Å². The van der Waals surface area contributed by atoms with Crippen molar-refractivity contribution < 1.29 is 13.2 Å². The Kier molecular flexibility index (Phi) is 7.86. The third-order valence-corrected chi connectivity index (χ3v) is 9.83. The molecule has 0 amide bonds. The van der Waals surface area contributed by atoms with E-state index >= 15 is 0 Å². The topological polar surface area (TPSA) is 118 Å². The summed E-state index contributed by atoms with van der Waals surface area (Å²) >= 11 is 3.72. The first kappa shape index (κ1) is 27.8. The van der Waals surface area contributed by atoms with Crippen LogP contribution in [0.5, 0.6) is 5.75 Å². The number of hydrogen-bond donors (Lipinski definition) is 1. The lowest BCUT2D eigenvalue weighted by Gasteiger charge is -2.36. The van der Waals surface area contributed by atoms with Crippen molar-refractivity contribution in [2.75, 3.05) is 32.8 Å². The van der Waals surface area contributed by atoms with Crippen LogP contribution >= 0.6 is 15.9 Å². The van der Waals surface area contributed by atoms with Gasteiger partial charge in [-0.05, 0) is 60.8 Å². The number of piperazine rings is 1. The van der Waals surface area contributed by atoms with Crippen molar-refractivity contribution in [3.63, 3.8) is 0 Å². The fourth-order valence-electron chi connectivity index (χ4n) is 5.08. The SMILES string of the molecule is CCCOc1ccc(S(=O)(=O)N2CCN(C(C)C)CC2)cc1-c1[nH]c2c(c1Br)n(CCC)c(=O)n1cnnc21. The third kappa shape index (κ3) is 4.90. The molecule has 1 aliphatic rings. The van der Waals surface area contributed by atoms with E-state index in [0.717, 1.165) is 12.8 Å². The van der Waals surface area contributed by atoms with Gasteiger partial charge in [0.25, 0.3) is 0 Å². The first-order valence-electron chi connectivity index (χ1n) is 13.3. The second-order valence-electron chi connectivity index (χ2n) is 10.0. The van der Waals surface area contributed by atoms with E-state index in [4.69, 9.17) is 4.74 Å². The lowest BCUT2D eigenvalue weighted by molar-refractivity contribution is 0.154. The summed E-state index contributed by atoms with van der Waals surface area (Å²) in [4.78, 5) is 19.1. The van der Waals surface area contributed by atoms with Gasteiger partial charge in [-0.3, -0.25) is 9.47 Å². The minimum atomic E-state index is -3.73. The number of aromatic amines is 1. The van der Waals surface area contributed by atoms with Crippen molar-refractivity contribution in [3.8, 4) is 17.0 Å². The molecular weight excluding hydrogens is 586 g/mol. The zero-order valence-corrected chi connectivity index (χ0v) is 25.0.